The average molecular weight is 236 g/mol. The molecule has 1 atom stereocenters. The van der Waals surface area contributed by atoms with Crippen LogP contribution in [0.15, 0.2) is 60.7 Å². The van der Waals surface area contributed by atoms with E-state index in [1.165, 1.54) is 16.8 Å². The van der Waals surface area contributed by atoms with Crippen LogP contribution in [0.3, 0.4) is 0 Å². The lowest BCUT2D eigenvalue weighted by molar-refractivity contribution is 0.622. The van der Waals surface area contributed by atoms with Crippen LogP contribution < -0.4 is 10.6 Å². The van der Waals surface area contributed by atoms with Crippen LogP contribution in [0.5, 0.6) is 0 Å². The predicted molar refractivity (Wildman–Crippen MR) is 76.2 cm³/mol. The Morgan fingerprint density at radius 3 is 2.61 bits per heavy atom. The van der Waals surface area contributed by atoms with Crippen LogP contribution in [-0.4, -0.2) is 6.17 Å². The van der Waals surface area contributed by atoms with Gasteiger partial charge in [0.05, 0.1) is 6.17 Å². The molecule has 0 fully saturated rings. The maximum atomic E-state index is 3.47. The van der Waals surface area contributed by atoms with Crippen LogP contribution >= 0.6 is 0 Å². The van der Waals surface area contributed by atoms with Gasteiger partial charge in [-0.15, -0.1) is 0 Å². The number of hydrogen-bond donors (Lipinski definition) is 2. The second kappa shape index (κ2) is 5.07. The maximum Gasteiger partial charge on any atom is 0.0966 e. The van der Waals surface area contributed by atoms with Gasteiger partial charge in [-0.1, -0.05) is 54.6 Å². The second-order valence-corrected chi connectivity index (χ2v) is 4.43. The first kappa shape index (κ1) is 11.1. The third-order valence-electron chi connectivity index (χ3n) is 3.12. The van der Waals surface area contributed by atoms with Crippen molar-refractivity contribution in [2.45, 2.75) is 12.7 Å². The van der Waals surface area contributed by atoms with E-state index in [0.29, 0.717) is 0 Å². The summed E-state index contributed by atoms with van der Waals surface area (Å²) < 4.78 is 0. The Labute approximate surface area is 107 Å². The van der Waals surface area contributed by atoms with Crippen LogP contribution in [0.25, 0.3) is 6.08 Å². The first-order valence-corrected chi connectivity index (χ1v) is 6.23. The molecule has 0 radical (unpaired) electrons. The van der Waals surface area contributed by atoms with Gasteiger partial charge in [-0.05, 0) is 23.3 Å². The van der Waals surface area contributed by atoms with E-state index in [1.54, 1.807) is 0 Å². The van der Waals surface area contributed by atoms with Crippen molar-refractivity contribution in [3.63, 3.8) is 0 Å². The van der Waals surface area contributed by atoms with Gasteiger partial charge in [0, 0.05) is 12.2 Å². The number of fused-ring (bicyclic) bond motifs is 1. The molecule has 0 spiro atoms. The molecule has 1 unspecified atom stereocenters. The smallest absolute Gasteiger partial charge is 0.0966 e. The summed E-state index contributed by atoms with van der Waals surface area (Å²) in [6.07, 6.45) is 4.49. The van der Waals surface area contributed by atoms with E-state index in [-0.39, 0.29) is 6.17 Å². The van der Waals surface area contributed by atoms with Crippen molar-refractivity contribution in [1.29, 1.82) is 0 Å². The van der Waals surface area contributed by atoms with E-state index >= 15 is 0 Å². The molecular formula is C16H16N2. The molecule has 0 aromatic heterocycles. The van der Waals surface area contributed by atoms with Gasteiger partial charge in [0.25, 0.3) is 0 Å². The number of benzene rings is 2. The lowest BCUT2D eigenvalue weighted by Crippen LogP contribution is -2.38. The normalized spacial score (nSPS) is 18.3. The van der Waals surface area contributed by atoms with Crippen LogP contribution in [0, 0.1) is 0 Å². The average Bonchev–Trinajstić information content (AvgIpc) is 2.46. The Bertz CT molecular complexity index is 546. The highest BCUT2D eigenvalue weighted by Crippen LogP contribution is 2.19. The van der Waals surface area contributed by atoms with Crippen LogP contribution in [0.2, 0.25) is 0 Å². The molecule has 0 saturated heterocycles. The quantitative estimate of drug-likeness (QED) is 0.836. The molecule has 0 amide bonds. The van der Waals surface area contributed by atoms with Crippen molar-refractivity contribution in [3.05, 3.63) is 71.8 Å². The van der Waals surface area contributed by atoms with Crippen molar-refractivity contribution >= 4 is 11.8 Å². The summed E-state index contributed by atoms with van der Waals surface area (Å²) in [6.45, 7) is 0.910. The molecule has 1 heterocycles. The van der Waals surface area contributed by atoms with Crippen molar-refractivity contribution < 1.29 is 0 Å². The number of para-hydroxylation sites is 1. The molecule has 90 valence electrons. The summed E-state index contributed by atoms with van der Waals surface area (Å²) in [5, 5.41) is 6.92. The molecular weight excluding hydrogens is 220 g/mol. The van der Waals surface area contributed by atoms with Crippen molar-refractivity contribution in [1.82, 2.24) is 5.32 Å². The van der Waals surface area contributed by atoms with Crippen molar-refractivity contribution in [2.75, 3.05) is 5.32 Å². The third kappa shape index (κ3) is 2.44. The summed E-state index contributed by atoms with van der Waals surface area (Å²) in [5.74, 6) is 0. The molecule has 2 nitrogen and oxygen atoms in total. The van der Waals surface area contributed by atoms with Gasteiger partial charge in [-0.2, -0.15) is 0 Å². The molecule has 2 aromatic rings. The maximum absolute atomic E-state index is 3.47. The van der Waals surface area contributed by atoms with Gasteiger partial charge < -0.3 is 5.32 Å². The summed E-state index contributed by atoms with van der Waals surface area (Å²) in [5.41, 5.74) is 3.76. The monoisotopic (exact) mass is 236 g/mol. The SMILES string of the molecule is C(=CC1NCc2ccccc2N1)c1ccccc1. The Hall–Kier alpha value is -2.06. The van der Waals surface area contributed by atoms with Gasteiger partial charge >= 0.3 is 0 Å². The minimum atomic E-state index is 0.195. The van der Waals surface area contributed by atoms with E-state index in [4.69, 9.17) is 0 Å². The Morgan fingerprint density at radius 2 is 1.72 bits per heavy atom. The third-order valence-corrected chi connectivity index (χ3v) is 3.12. The highest BCUT2D eigenvalue weighted by atomic mass is 15.1. The summed E-state index contributed by atoms with van der Waals surface area (Å²) in [4.78, 5) is 0. The number of rotatable bonds is 2. The van der Waals surface area contributed by atoms with E-state index in [1.807, 2.05) is 6.07 Å². The second-order valence-electron chi connectivity index (χ2n) is 4.43. The molecule has 18 heavy (non-hydrogen) atoms. The fraction of sp³-hybridized carbons (Fsp3) is 0.125. The molecule has 0 bridgehead atoms. The largest absolute Gasteiger partial charge is 0.366 e. The Morgan fingerprint density at radius 1 is 0.944 bits per heavy atom. The molecule has 2 heteroatoms. The molecule has 0 aliphatic carbocycles. The molecule has 1 aliphatic heterocycles. The zero-order chi connectivity index (χ0) is 12.2. The Kier molecular flexibility index (Phi) is 3.11. The molecule has 2 N–H and O–H groups in total. The van der Waals surface area contributed by atoms with Gasteiger partial charge in [0.2, 0.25) is 0 Å². The molecule has 2 aromatic carbocycles. The van der Waals surface area contributed by atoms with Crippen LogP contribution in [0.1, 0.15) is 11.1 Å². The Balaban J connectivity index is 1.72. The van der Waals surface area contributed by atoms with Gasteiger partial charge in [0.15, 0.2) is 0 Å². The summed E-state index contributed by atoms with van der Waals surface area (Å²) in [6, 6.07) is 18.8. The van der Waals surface area contributed by atoms with E-state index in [2.05, 4.69) is 71.3 Å². The van der Waals surface area contributed by atoms with Crippen LogP contribution in [0.4, 0.5) is 5.69 Å². The zero-order valence-corrected chi connectivity index (χ0v) is 10.1. The van der Waals surface area contributed by atoms with Crippen LogP contribution in [-0.2, 0) is 6.54 Å². The van der Waals surface area contributed by atoms with Gasteiger partial charge in [-0.3, -0.25) is 5.32 Å². The minimum Gasteiger partial charge on any atom is -0.366 e. The minimum absolute atomic E-state index is 0.195. The van der Waals surface area contributed by atoms with Gasteiger partial charge in [0.1, 0.15) is 0 Å². The summed E-state index contributed by atoms with van der Waals surface area (Å²) in [7, 11) is 0. The highest BCUT2D eigenvalue weighted by molar-refractivity contribution is 5.56. The molecule has 1 aliphatic rings. The summed E-state index contributed by atoms with van der Waals surface area (Å²) >= 11 is 0. The van der Waals surface area contributed by atoms with Gasteiger partial charge in [-0.25, -0.2) is 0 Å². The lowest BCUT2D eigenvalue weighted by atomic mass is 10.1. The van der Waals surface area contributed by atoms with E-state index in [9.17, 15) is 0 Å². The van der Waals surface area contributed by atoms with Crippen molar-refractivity contribution in [2.24, 2.45) is 0 Å². The first-order valence-electron chi connectivity index (χ1n) is 6.23. The predicted octanol–water partition coefficient (Wildman–Crippen LogP) is 3.24. The zero-order valence-electron chi connectivity index (χ0n) is 10.1. The first-order chi connectivity index (χ1) is 8.92. The van der Waals surface area contributed by atoms with E-state index in [0.717, 1.165) is 6.54 Å². The van der Waals surface area contributed by atoms with Crippen molar-refractivity contribution in [3.8, 4) is 0 Å². The molecule has 0 saturated carbocycles. The lowest BCUT2D eigenvalue weighted by Gasteiger charge is -2.26. The fourth-order valence-corrected chi connectivity index (χ4v) is 2.14. The standard InChI is InChI=1S/C16H16N2/c1-2-6-13(7-3-1)10-11-16-17-12-14-8-4-5-9-15(14)18-16/h1-11,16-18H,12H2. The van der Waals surface area contributed by atoms with E-state index < -0.39 is 0 Å². The number of hydrogen-bond acceptors (Lipinski definition) is 2. The number of nitrogens with one attached hydrogen (secondary N) is 2. The number of anilines is 1. The molecule has 3 rings (SSSR count). The fourth-order valence-electron chi connectivity index (χ4n) is 2.14. The highest BCUT2D eigenvalue weighted by Gasteiger charge is 2.12. The topological polar surface area (TPSA) is 24.1 Å².